The fraction of sp³-hybridized carbons (Fsp3) is 0.615. The molecule has 1 heterocycles. The molecule has 0 bridgehead atoms. The second kappa shape index (κ2) is 12.7. The van der Waals surface area contributed by atoms with Crippen LogP contribution in [0.2, 0.25) is 0 Å². The third-order valence-corrected chi connectivity index (χ3v) is 3.29. The van der Waals surface area contributed by atoms with E-state index in [9.17, 15) is 0 Å². The van der Waals surface area contributed by atoms with Crippen LogP contribution in [0.5, 0.6) is 0 Å². The van der Waals surface area contributed by atoms with Crippen LogP contribution in [-0.2, 0) is 11.3 Å². The van der Waals surface area contributed by atoms with E-state index < -0.39 is 0 Å². The highest BCUT2D eigenvalue weighted by Crippen LogP contribution is 2.06. The van der Waals surface area contributed by atoms with Crippen LogP contribution < -0.4 is 10.6 Å². The van der Waals surface area contributed by atoms with Gasteiger partial charge in [-0.2, -0.15) is 0 Å². The normalized spacial score (nSPS) is 10.9. The molecule has 1 aromatic heterocycles. The predicted octanol–water partition coefficient (Wildman–Crippen LogP) is 2.85. The quantitative estimate of drug-likeness (QED) is 0.307. The number of hydrogen-bond acceptors (Lipinski definition) is 3. The van der Waals surface area contributed by atoms with Gasteiger partial charge in [0.1, 0.15) is 0 Å². The van der Waals surface area contributed by atoms with E-state index in [1.807, 2.05) is 0 Å². The van der Waals surface area contributed by atoms with E-state index in [2.05, 4.69) is 40.1 Å². The van der Waals surface area contributed by atoms with Gasteiger partial charge in [-0.3, -0.25) is 4.99 Å². The molecule has 6 heteroatoms. The third-order valence-electron chi connectivity index (χ3n) is 2.41. The molecule has 1 rings (SSSR count). The van der Waals surface area contributed by atoms with Crippen LogP contribution in [0.15, 0.2) is 22.5 Å². The van der Waals surface area contributed by atoms with Crippen LogP contribution >= 0.6 is 35.3 Å². The average Bonchev–Trinajstić information content (AvgIpc) is 2.90. The minimum atomic E-state index is 0. The molecular weight excluding hydrogens is 373 g/mol. The van der Waals surface area contributed by atoms with Gasteiger partial charge in [0.15, 0.2) is 5.96 Å². The smallest absolute Gasteiger partial charge is 0.191 e. The van der Waals surface area contributed by atoms with Crippen LogP contribution in [0.3, 0.4) is 0 Å². The van der Waals surface area contributed by atoms with E-state index in [0.717, 1.165) is 38.7 Å². The molecule has 0 aliphatic heterocycles. The summed E-state index contributed by atoms with van der Waals surface area (Å²) < 4.78 is 5.48. The monoisotopic (exact) mass is 397 g/mol. The van der Waals surface area contributed by atoms with E-state index in [4.69, 9.17) is 4.74 Å². The van der Waals surface area contributed by atoms with Crippen molar-refractivity contribution in [3.63, 3.8) is 0 Å². The lowest BCUT2D eigenvalue weighted by Gasteiger charge is -2.11. The SMILES string of the molecule is CCCCOCCNC(=NC)NCc1cccs1.I. The molecule has 110 valence electrons. The fourth-order valence-corrected chi connectivity index (χ4v) is 2.04. The van der Waals surface area contributed by atoms with Crippen LogP contribution in [0.25, 0.3) is 0 Å². The van der Waals surface area contributed by atoms with Crippen molar-refractivity contribution in [2.45, 2.75) is 26.3 Å². The first-order valence-electron chi connectivity index (χ1n) is 6.41. The zero-order chi connectivity index (χ0) is 13.1. The van der Waals surface area contributed by atoms with E-state index in [1.165, 1.54) is 11.3 Å². The highest BCUT2D eigenvalue weighted by atomic mass is 127. The summed E-state index contributed by atoms with van der Waals surface area (Å²) in [5.74, 6) is 0.822. The Morgan fingerprint density at radius 3 is 2.84 bits per heavy atom. The lowest BCUT2D eigenvalue weighted by Crippen LogP contribution is -2.38. The summed E-state index contributed by atoms with van der Waals surface area (Å²) in [7, 11) is 1.78. The lowest BCUT2D eigenvalue weighted by atomic mass is 10.4. The Labute approximate surface area is 137 Å². The zero-order valence-corrected chi connectivity index (χ0v) is 14.8. The van der Waals surface area contributed by atoms with Crippen molar-refractivity contribution >= 4 is 41.3 Å². The van der Waals surface area contributed by atoms with Gasteiger partial charge in [-0.1, -0.05) is 19.4 Å². The van der Waals surface area contributed by atoms with Gasteiger partial charge >= 0.3 is 0 Å². The molecule has 2 N–H and O–H groups in total. The third kappa shape index (κ3) is 9.23. The van der Waals surface area contributed by atoms with Gasteiger partial charge in [0, 0.05) is 25.1 Å². The van der Waals surface area contributed by atoms with Crippen LogP contribution in [0, 0.1) is 0 Å². The number of ether oxygens (including phenoxy) is 1. The van der Waals surface area contributed by atoms with E-state index in [-0.39, 0.29) is 24.0 Å². The summed E-state index contributed by atoms with van der Waals surface area (Å²) in [5, 5.41) is 8.57. The molecule has 0 saturated carbocycles. The van der Waals surface area contributed by atoms with E-state index in [1.54, 1.807) is 18.4 Å². The average molecular weight is 397 g/mol. The number of nitrogens with zero attached hydrogens (tertiary/aromatic N) is 1. The standard InChI is InChI=1S/C13H23N3OS.HI/c1-3-4-8-17-9-7-15-13(14-2)16-11-12-6-5-10-18-12;/h5-6,10H,3-4,7-9,11H2,1-2H3,(H2,14,15,16);1H. The topological polar surface area (TPSA) is 45.6 Å². The molecule has 0 fully saturated rings. The van der Waals surface area contributed by atoms with E-state index in [0.29, 0.717) is 0 Å². The number of halogens is 1. The Morgan fingerprint density at radius 1 is 1.37 bits per heavy atom. The summed E-state index contributed by atoms with van der Waals surface area (Å²) in [6.07, 6.45) is 2.31. The van der Waals surface area contributed by atoms with Gasteiger partial charge in [0.2, 0.25) is 0 Å². The Balaban J connectivity index is 0.00000324. The first kappa shape index (κ1) is 18.7. The molecule has 0 atom stereocenters. The summed E-state index contributed by atoms with van der Waals surface area (Å²) >= 11 is 1.74. The Bertz CT molecular complexity index is 331. The number of unbranched alkanes of at least 4 members (excludes halogenated alkanes) is 1. The lowest BCUT2D eigenvalue weighted by molar-refractivity contribution is 0.136. The number of nitrogens with one attached hydrogen (secondary N) is 2. The predicted molar refractivity (Wildman–Crippen MR) is 93.7 cm³/mol. The minimum absolute atomic E-state index is 0. The van der Waals surface area contributed by atoms with Crippen molar-refractivity contribution < 1.29 is 4.74 Å². The van der Waals surface area contributed by atoms with E-state index >= 15 is 0 Å². The second-order valence-corrected chi connectivity index (χ2v) is 4.93. The minimum Gasteiger partial charge on any atom is -0.380 e. The number of rotatable bonds is 8. The summed E-state index contributed by atoms with van der Waals surface area (Å²) in [4.78, 5) is 5.47. The molecule has 0 saturated heterocycles. The molecule has 1 aromatic rings. The van der Waals surface area contributed by atoms with Gasteiger partial charge < -0.3 is 15.4 Å². The summed E-state index contributed by atoms with van der Waals surface area (Å²) in [5.41, 5.74) is 0. The van der Waals surface area contributed by atoms with Crippen molar-refractivity contribution in [2.24, 2.45) is 4.99 Å². The second-order valence-electron chi connectivity index (χ2n) is 3.90. The van der Waals surface area contributed by atoms with Crippen molar-refractivity contribution in [3.8, 4) is 0 Å². The molecular formula is C13H24IN3OS. The van der Waals surface area contributed by atoms with Gasteiger partial charge in [0.25, 0.3) is 0 Å². The number of aliphatic imine (C=N–C) groups is 1. The van der Waals surface area contributed by atoms with Gasteiger partial charge in [-0.15, -0.1) is 35.3 Å². The van der Waals surface area contributed by atoms with Gasteiger partial charge in [0.05, 0.1) is 13.2 Å². The summed E-state index contributed by atoms with van der Waals surface area (Å²) in [6.45, 7) is 5.33. The van der Waals surface area contributed by atoms with Crippen molar-refractivity contribution in [3.05, 3.63) is 22.4 Å². The summed E-state index contributed by atoms with van der Waals surface area (Å²) in [6, 6.07) is 4.16. The fourth-order valence-electron chi connectivity index (χ4n) is 1.39. The zero-order valence-electron chi connectivity index (χ0n) is 11.6. The maximum Gasteiger partial charge on any atom is 0.191 e. The molecule has 19 heavy (non-hydrogen) atoms. The number of hydrogen-bond donors (Lipinski definition) is 2. The first-order valence-corrected chi connectivity index (χ1v) is 7.29. The number of thiophene rings is 1. The van der Waals surface area contributed by atoms with Crippen LogP contribution in [0.4, 0.5) is 0 Å². The van der Waals surface area contributed by atoms with Crippen molar-refractivity contribution in [1.82, 2.24) is 10.6 Å². The first-order chi connectivity index (χ1) is 8.86. The van der Waals surface area contributed by atoms with Crippen molar-refractivity contribution in [2.75, 3.05) is 26.8 Å². The molecule has 0 aliphatic carbocycles. The Hall–Kier alpha value is -0.340. The van der Waals surface area contributed by atoms with Gasteiger partial charge in [-0.25, -0.2) is 0 Å². The number of guanidine groups is 1. The maximum atomic E-state index is 5.48. The van der Waals surface area contributed by atoms with Crippen LogP contribution in [-0.4, -0.2) is 32.8 Å². The molecule has 0 spiro atoms. The van der Waals surface area contributed by atoms with Crippen molar-refractivity contribution in [1.29, 1.82) is 0 Å². The van der Waals surface area contributed by atoms with Crippen LogP contribution in [0.1, 0.15) is 24.6 Å². The molecule has 0 amide bonds. The Morgan fingerprint density at radius 2 is 2.21 bits per heavy atom. The molecule has 0 aliphatic rings. The highest BCUT2D eigenvalue weighted by molar-refractivity contribution is 14.0. The Kier molecular flexibility index (Phi) is 12.5. The molecule has 4 nitrogen and oxygen atoms in total. The maximum absolute atomic E-state index is 5.48. The van der Waals surface area contributed by atoms with Gasteiger partial charge in [-0.05, 0) is 17.9 Å². The largest absolute Gasteiger partial charge is 0.380 e. The molecule has 0 unspecified atom stereocenters. The molecule has 0 radical (unpaired) electrons. The highest BCUT2D eigenvalue weighted by Gasteiger charge is 1.98. The molecule has 0 aromatic carbocycles.